The summed E-state index contributed by atoms with van der Waals surface area (Å²) in [5.41, 5.74) is 6.72. The van der Waals surface area contributed by atoms with Gasteiger partial charge in [-0.1, -0.05) is 12.1 Å². The number of imidazole rings is 1. The number of amides is 4. The lowest BCUT2D eigenvalue weighted by Crippen LogP contribution is -2.56. The molecule has 12 heteroatoms. The number of aromatic nitrogens is 2. The Balaban J connectivity index is 2.16. The van der Waals surface area contributed by atoms with Crippen molar-refractivity contribution in [3.8, 4) is 5.75 Å². The van der Waals surface area contributed by atoms with Crippen LogP contribution in [-0.4, -0.2) is 88.4 Å². The molecule has 3 atom stereocenters. The molecule has 1 aromatic carbocycles. The highest BCUT2D eigenvalue weighted by Gasteiger charge is 2.28. The molecule has 2 rings (SSSR count). The van der Waals surface area contributed by atoms with E-state index in [1.807, 2.05) is 0 Å². The first-order valence-electron chi connectivity index (χ1n) is 10.2. The Morgan fingerprint density at radius 1 is 1.18 bits per heavy atom. The molecular formula is C21H30N6O6. The molecule has 12 nitrogen and oxygen atoms in total. The quantitative estimate of drug-likeness (QED) is 0.223. The Morgan fingerprint density at radius 2 is 1.88 bits per heavy atom. The number of carbonyl (C=O) groups excluding carboxylic acids is 3. The van der Waals surface area contributed by atoms with Gasteiger partial charge < -0.3 is 41.2 Å². The van der Waals surface area contributed by atoms with Crippen molar-refractivity contribution in [3.63, 3.8) is 0 Å². The highest BCUT2D eigenvalue weighted by molar-refractivity contribution is 5.91. The normalized spacial score (nSPS) is 13.5. The molecule has 0 saturated carbocycles. The van der Waals surface area contributed by atoms with E-state index in [9.17, 15) is 19.5 Å². The van der Waals surface area contributed by atoms with Crippen molar-refractivity contribution in [2.24, 2.45) is 5.73 Å². The maximum Gasteiger partial charge on any atom is 0.317 e. The number of likely N-dealkylation sites (N-methyl/N-ethyl adjacent to an activating group) is 1. The van der Waals surface area contributed by atoms with Gasteiger partial charge in [0.05, 0.1) is 38.4 Å². The SMILES string of the molecule is COc1ccc(C[C@H](NC(=O)N(C)CC(O)CO)C(=O)N[C@@H](Cc2c[nH]cn2)C(N)=O)cc1. The van der Waals surface area contributed by atoms with Crippen molar-refractivity contribution in [1.82, 2.24) is 25.5 Å². The minimum absolute atomic E-state index is 0.0797. The van der Waals surface area contributed by atoms with E-state index in [-0.39, 0.29) is 19.4 Å². The van der Waals surface area contributed by atoms with Crippen LogP contribution in [-0.2, 0) is 22.4 Å². The minimum Gasteiger partial charge on any atom is -0.497 e. The van der Waals surface area contributed by atoms with Gasteiger partial charge in [-0.3, -0.25) is 9.59 Å². The van der Waals surface area contributed by atoms with Gasteiger partial charge in [0.2, 0.25) is 11.8 Å². The van der Waals surface area contributed by atoms with Crippen molar-refractivity contribution < 1.29 is 29.3 Å². The molecule has 0 radical (unpaired) electrons. The van der Waals surface area contributed by atoms with Crippen molar-refractivity contribution in [1.29, 1.82) is 0 Å². The monoisotopic (exact) mass is 462 g/mol. The maximum absolute atomic E-state index is 13.1. The molecule has 7 N–H and O–H groups in total. The zero-order valence-corrected chi connectivity index (χ0v) is 18.5. The largest absolute Gasteiger partial charge is 0.497 e. The summed E-state index contributed by atoms with van der Waals surface area (Å²) in [5, 5.41) is 23.8. The Hall–Kier alpha value is -3.64. The third kappa shape index (κ3) is 8.09. The predicted octanol–water partition coefficient (Wildman–Crippen LogP) is -1.46. The number of methoxy groups -OCH3 is 1. The number of rotatable bonds is 12. The number of aliphatic hydroxyl groups excluding tert-OH is 2. The van der Waals surface area contributed by atoms with Crippen LogP contribution in [0.2, 0.25) is 0 Å². The van der Waals surface area contributed by atoms with Crippen molar-refractivity contribution in [3.05, 3.63) is 48.0 Å². The molecule has 0 saturated heterocycles. The molecule has 0 aliphatic carbocycles. The molecule has 0 fully saturated rings. The average Bonchev–Trinajstić information content (AvgIpc) is 3.31. The smallest absolute Gasteiger partial charge is 0.317 e. The fraction of sp³-hybridized carbons (Fsp3) is 0.429. The van der Waals surface area contributed by atoms with E-state index in [2.05, 4.69) is 20.6 Å². The third-order valence-electron chi connectivity index (χ3n) is 4.88. The van der Waals surface area contributed by atoms with Gasteiger partial charge in [0, 0.05) is 26.1 Å². The van der Waals surface area contributed by atoms with Crippen LogP contribution in [0.15, 0.2) is 36.8 Å². The molecule has 1 unspecified atom stereocenters. The number of carbonyl (C=O) groups is 3. The van der Waals surface area contributed by atoms with E-state index in [0.717, 1.165) is 10.5 Å². The molecule has 2 aromatic rings. The summed E-state index contributed by atoms with van der Waals surface area (Å²) < 4.78 is 5.13. The maximum atomic E-state index is 13.1. The number of ether oxygens (including phenoxy) is 1. The number of H-pyrrole nitrogens is 1. The van der Waals surface area contributed by atoms with Gasteiger partial charge in [-0.15, -0.1) is 0 Å². The number of nitrogens with zero attached hydrogens (tertiary/aromatic N) is 2. The Kier molecular flexibility index (Phi) is 9.63. The molecule has 1 heterocycles. The van der Waals surface area contributed by atoms with E-state index < -0.39 is 42.6 Å². The van der Waals surface area contributed by atoms with Gasteiger partial charge in [-0.2, -0.15) is 0 Å². The highest BCUT2D eigenvalue weighted by Crippen LogP contribution is 2.13. The molecule has 33 heavy (non-hydrogen) atoms. The first-order valence-corrected chi connectivity index (χ1v) is 10.2. The van der Waals surface area contributed by atoms with Crippen LogP contribution in [0.4, 0.5) is 4.79 Å². The van der Waals surface area contributed by atoms with Gasteiger partial charge in [0.1, 0.15) is 17.8 Å². The van der Waals surface area contributed by atoms with Gasteiger partial charge >= 0.3 is 6.03 Å². The van der Waals surface area contributed by atoms with E-state index in [4.69, 9.17) is 15.6 Å². The van der Waals surface area contributed by atoms with E-state index in [1.54, 1.807) is 30.5 Å². The lowest BCUT2D eigenvalue weighted by atomic mass is 10.0. The summed E-state index contributed by atoms with van der Waals surface area (Å²) in [7, 11) is 2.95. The molecular weight excluding hydrogens is 432 g/mol. The molecule has 0 aliphatic heterocycles. The van der Waals surface area contributed by atoms with Gasteiger partial charge in [0.15, 0.2) is 0 Å². The van der Waals surface area contributed by atoms with Crippen LogP contribution in [0.25, 0.3) is 0 Å². The molecule has 0 bridgehead atoms. The second-order valence-corrected chi connectivity index (χ2v) is 7.50. The summed E-state index contributed by atoms with van der Waals surface area (Å²) in [6.07, 6.45) is 2.10. The lowest BCUT2D eigenvalue weighted by Gasteiger charge is -2.25. The van der Waals surface area contributed by atoms with Crippen molar-refractivity contribution in [2.75, 3.05) is 27.3 Å². The number of nitrogens with two attached hydrogens (primary N) is 1. The number of urea groups is 1. The van der Waals surface area contributed by atoms with Gasteiger partial charge in [-0.05, 0) is 17.7 Å². The Morgan fingerprint density at radius 3 is 2.42 bits per heavy atom. The van der Waals surface area contributed by atoms with E-state index >= 15 is 0 Å². The van der Waals surface area contributed by atoms with Crippen molar-refractivity contribution in [2.45, 2.75) is 31.0 Å². The summed E-state index contributed by atoms with van der Waals surface area (Å²) in [6.45, 7) is -0.650. The number of benzene rings is 1. The van der Waals surface area contributed by atoms with Crippen LogP contribution < -0.4 is 21.1 Å². The second-order valence-electron chi connectivity index (χ2n) is 7.50. The van der Waals surface area contributed by atoms with Crippen molar-refractivity contribution >= 4 is 17.8 Å². The highest BCUT2D eigenvalue weighted by atomic mass is 16.5. The number of primary amides is 1. The van der Waals surface area contributed by atoms with E-state index in [0.29, 0.717) is 11.4 Å². The predicted molar refractivity (Wildman–Crippen MR) is 118 cm³/mol. The zero-order valence-electron chi connectivity index (χ0n) is 18.5. The minimum atomic E-state index is -1.12. The zero-order chi connectivity index (χ0) is 24.4. The van der Waals surface area contributed by atoms with E-state index in [1.165, 1.54) is 20.5 Å². The standard InChI is InChI=1S/C21H30N6O6/c1-27(10-15(29)11-28)21(32)26-18(7-13-3-5-16(33-2)6-4-13)20(31)25-17(19(22)30)8-14-9-23-12-24-14/h3-6,9,12,15,17-18,28-29H,7-8,10-11H2,1-2H3,(H2,22,30)(H,23,24)(H,25,31)(H,26,32)/t15?,17-,18-/m0/s1. The summed E-state index contributed by atoms with van der Waals surface area (Å²) >= 11 is 0. The average molecular weight is 463 g/mol. The first kappa shape index (κ1) is 25.6. The topological polar surface area (TPSA) is 183 Å². The number of aliphatic hydroxyl groups is 2. The Labute approximate surface area is 191 Å². The van der Waals surface area contributed by atoms with Crippen LogP contribution in [0.1, 0.15) is 11.3 Å². The molecule has 4 amide bonds. The Bertz CT molecular complexity index is 904. The second kappa shape index (κ2) is 12.4. The first-order chi connectivity index (χ1) is 15.7. The van der Waals surface area contributed by atoms with Crippen LogP contribution in [0, 0.1) is 0 Å². The van der Waals surface area contributed by atoms with Crippen LogP contribution in [0.5, 0.6) is 5.75 Å². The molecule has 1 aromatic heterocycles. The van der Waals surface area contributed by atoms with Gasteiger partial charge in [-0.25, -0.2) is 9.78 Å². The molecule has 180 valence electrons. The number of nitrogens with one attached hydrogen (secondary N) is 3. The number of hydrogen-bond donors (Lipinski definition) is 6. The fourth-order valence-corrected chi connectivity index (χ4v) is 3.03. The number of hydrogen-bond acceptors (Lipinski definition) is 7. The molecule has 0 aliphatic rings. The van der Waals surface area contributed by atoms with Crippen LogP contribution in [0.3, 0.4) is 0 Å². The molecule has 0 spiro atoms. The fourth-order valence-electron chi connectivity index (χ4n) is 3.03. The number of aromatic amines is 1. The van der Waals surface area contributed by atoms with Gasteiger partial charge in [0.25, 0.3) is 0 Å². The van der Waals surface area contributed by atoms with Crippen LogP contribution >= 0.6 is 0 Å². The lowest BCUT2D eigenvalue weighted by molar-refractivity contribution is -0.128. The summed E-state index contributed by atoms with van der Waals surface area (Å²) in [6, 6.07) is 4.21. The third-order valence-corrected chi connectivity index (χ3v) is 4.88. The summed E-state index contributed by atoms with van der Waals surface area (Å²) in [5.74, 6) is -0.729. The summed E-state index contributed by atoms with van der Waals surface area (Å²) in [4.78, 5) is 45.5.